The third kappa shape index (κ3) is 1.56. The zero-order valence-electron chi connectivity index (χ0n) is 8.78. The van der Waals surface area contributed by atoms with Gasteiger partial charge in [0.15, 0.2) is 0 Å². The first kappa shape index (κ1) is 11.7. The van der Waals surface area contributed by atoms with Gasteiger partial charge < -0.3 is 0 Å². The highest BCUT2D eigenvalue weighted by molar-refractivity contribution is 9.15. The standard InChI is InChI=1S/C12H4Br2N2O2/c13-6-4-5-2-1-3-15-9(5)10-7(6)8(14)11(17)12(18)16-10/h1-4H. The van der Waals surface area contributed by atoms with Crippen LogP contribution in [-0.2, 0) is 9.59 Å². The number of hydrogen-bond donors (Lipinski definition) is 0. The molecule has 18 heavy (non-hydrogen) atoms. The van der Waals surface area contributed by atoms with E-state index in [2.05, 4.69) is 41.8 Å². The first-order chi connectivity index (χ1) is 8.59. The number of nitrogens with zero attached hydrogens (tertiary/aromatic N) is 2. The van der Waals surface area contributed by atoms with Gasteiger partial charge in [0.1, 0.15) is 5.36 Å². The van der Waals surface area contributed by atoms with Crippen LogP contribution in [0.1, 0.15) is 0 Å². The normalized spacial score (nSPS) is 14.7. The molecule has 2 aromatic rings. The van der Waals surface area contributed by atoms with Crippen LogP contribution in [0.25, 0.3) is 15.4 Å². The van der Waals surface area contributed by atoms with Gasteiger partial charge in [-0.05, 0) is 28.1 Å². The van der Waals surface area contributed by atoms with Crippen LogP contribution in [0.2, 0.25) is 0 Å². The van der Waals surface area contributed by atoms with Crippen molar-refractivity contribution in [1.82, 2.24) is 4.98 Å². The fourth-order valence-electron chi connectivity index (χ4n) is 1.85. The molecule has 0 saturated heterocycles. The number of hydrogen-bond acceptors (Lipinski definition) is 3. The molecule has 0 fully saturated rings. The van der Waals surface area contributed by atoms with Crippen molar-refractivity contribution < 1.29 is 9.59 Å². The predicted octanol–water partition coefficient (Wildman–Crippen LogP) is 1.23. The minimum Gasteiger partial charge on any atom is -0.282 e. The summed E-state index contributed by atoms with van der Waals surface area (Å²) in [4.78, 5) is 31.2. The van der Waals surface area contributed by atoms with Gasteiger partial charge in [0.2, 0.25) is 0 Å². The molecule has 88 valence electrons. The lowest BCUT2D eigenvalue weighted by molar-refractivity contribution is -0.132. The topological polar surface area (TPSA) is 59.4 Å². The summed E-state index contributed by atoms with van der Waals surface area (Å²) < 4.78 is 0.923. The Morgan fingerprint density at radius 3 is 2.72 bits per heavy atom. The van der Waals surface area contributed by atoms with E-state index in [1.165, 1.54) is 0 Å². The van der Waals surface area contributed by atoms with Crippen molar-refractivity contribution in [3.05, 3.63) is 39.4 Å². The summed E-state index contributed by atoms with van der Waals surface area (Å²) >= 11 is 6.55. The molecule has 0 saturated carbocycles. The number of carbonyl (C=O) groups is 2. The molecule has 0 aliphatic carbocycles. The average molecular weight is 368 g/mol. The molecule has 0 bridgehead atoms. The second-order valence-corrected chi connectivity index (χ2v) is 5.36. The maximum Gasteiger partial charge on any atom is 0.319 e. The van der Waals surface area contributed by atoms with E-state index >= 15 is 0 Å². The van der Waals surface area contributed by atoms with Gasteiger partial charge in [-0.15, -0.1) is 0 Å². The lowest BCUT2D eigenvalue weighted by atomic mass is 10.1. The van der Waals surface area contributed by atoms with Crippen LogP contribution < -0.4 is 10.6 Å². The summed E-state index contributed by atoms with van der Waals surface area (Å²) in [7, 11) is 0. The van der Waals surface area contributed by atoms with Gasteiger partial charge in [0.25, 0.3) is 5.78 Å². The largest absolute Gasteiger partial charge is 0.319 e. The first-order valence-electron chi connectivity index (χ1n) is 5.00. The molecule has 2 heterocycles. The third-order valence-corrected chi connectivity index (χ3v) is 4.03. The maximum absolute atomic E-state index is 11.6. The van der Waals surface area contributed by atoms with E-state index in [1.807, 2.05) is 12.1 Å². The van der Waals surface area contributed by atoms with Crippen molar-refractivity contribution in [3.63, 3.8) is 0 Å². The smallest absolute Gasteiger partial charge is 0.282 e. The molecule has 0 spiro atoms. The van der Waals surface area contributed by atoms with Crippen LogP contribution in [0.15, 0.2) is 33.9 Å². The second-order valence-electron chi connectivity index (χ2n) is 3.72. The van der Waals surface area contributed by atoms with Crippen molar-refractivity contribution in [2.45, 2.75) is 0 Å². The van der Waals surface area contributed by atoms with Gasteiger partial charge in [0, 0.05) is 21.3 Å². The summed E-state index contributed by atoms with van der Waals surface area (Å²) in [5.41, 5.74) is 0.605. The molecule has 6 heteroatoms. The number of rotatable bonds is 0. The first-order valence-corrected chi connectivity index (χ1v) is 6.58. The maximum atomic E-state index is 11.6. The molecule has 1 amide bonds. The third-order valence-electron chi connectivity index (χ3n) is 2.65. The van der Waals surface area contributed by atoms with Gasteiger partial charge in [-0.2, -0.15) is 0 Å². The summed E-state index contributed by atoms with van der Waals surface area (Å²) in [6, 6.07) is 5.52. The number of Topliss-reactive ketones (excluding diaryl/α,β-unsaturated/α-hetero) is 1. The molecular weight excluding hydrogens is 364 g/mol. The molecule has 3 rings (SSSR count). The van der Waals surface area contributed by atoms with Gasteiger partial charge in [-0.3, -0.25) is 14.6 Å². The molecule has 1 aromatic heterocycles. The molecule has 0 N–H and O–H groups in total. The van der Waals surface area contributed by atoms with E-state index in [-0.39, 0.29) is 4.48 Å². The van der Waals surface area contributed by atoms with Crippen molar-refractivity contribution in [1.29, 1.82) is 0 Å². The summed E-state index contributed by atoms with van der Waals surface area (Å²) in [6.07, 6.45) is 1.63. The quantitative estimate of drug-likeness (QED) is 0.658. The van der Waals surface area contributed by atoms with E-state index in [4.69, 9.17) is 0 Å². The highest BCUT2D eigenvalue weighted by Crippen LogP contribution is 2.16. The fourth-order valence-corrected chi connectivity index (χ4v) is 3.32. The van der Waals surface area contributed by atoms with E-state index in [0.29, 0.717) is 20.6 Å². The molecule has 1 aromatic carbocycles. The van der Waals surface area contributed by atoms with Gasteiger partial charge in [-0.1, -0.05) is 22.0 Å². The van der Waals surface area contributed by atoms with Crippen molar-refractivity contribution in [3.8, 4) is 0 Å². The van der Waals surface area contributed by atoms with Gasteiger partial charge in [-0.25, -0.2) is 4.99 Å². The molecule has 4 nitrogen and oxygen atoms in total. The summed E-state index contributed by atoms with van der Waals surface area (Å²) in [5.74, 6) is -1.42. The number of pyridine rings is 1. The Morgan fingerprint density at radius 1 is 1.17 bits per heavy atom. The summed E-state index contributed by atoms with van der Waals surface area (Å²) in [6.45, 7) is 0. The van der Waals surface area contributed by atoms with Crippen molar-refractivity contribution in [2.75, 3.05) is 0 Å². The Bertz CT molecular complexity index is 843. The van der Waals surface area contributed by atoms with Crippen molar-refractivity contribution >= 4 is 58.9 Å². The highest BCUT2D eigenvalue weighted by Gasteiger charge is 2.23. The van der Waals surface area contributed by atoms with Gasteiger partial charge in [0.05, 0.1) is 10.00 Å². The van der Waals surface area contributed by atoms with Crippen LogP contribution in [0.5, 0.6) is 0 Å². The lowest BCUT2D eigenvalue weighted by Crippen LogP contribution is -2.38. The molecule has 0 atom stereocenters. The minimum atomic E-state index is -0.778. The van der Waals surface area contributed by atoms with Crippen LogP contribution in [0, 0.1) is 0 Å². The van der Waals surface area contributed by atoms with Crippen LogP contribution in [-0.4, -0.2) is 16.7 Å². The number of halogens is 2. The predicted molar refractivity (Wildman–Crippen MR) is 72.6 cm³/mol. The molecule has 1 aliphatic rings. The number of benzene rings is 1. The molecule has 1 aliphatic heterocycles. The summed E-state index contributed by atoms with van der Waals surface area (Å²) in [5, 5.41) is 1.86. The minimum absolute atomic E-state index is 0.219. The molecule has 0 unspecified atom stereocenters. The number of aromatic nitrogens is 1. The fraction of sp³-hybridized carbons (Fsp3) is 0. The van der Waals surface area contributed by atoms with E-state index in [9.17, 15) is 9.59 Å². The Balaban J connectivity index is 2.69. The Morgan fingerprint density at radius 2 is 1.94 bits per heavy atom. The number of fused-ring (bicyclic) bond motifs is 3. The number of carbonyl (C=O) groups excluding carboxylic acids is 2. The highest BCUT2D eigenvalue weighted by atomic mass is 79.9. The van der Waals surface area contributed by atoms with E-state index in [0.717, 1.165) is 5.39 Å². The SMILES string of the molecule is O=C1N=c2c(c(Br)cc3cccnc23)=C(Br)C1=O. The van der Waals surface area contributed by atoms with E-state index < -0.39 is 11.7 Å². The average Bonchev–Trinajstić information content (AvgIpc) is 2.35. The zero-order valence-corrected chi connectivity index (χ0v) is 11.9. The monoisotopic (exact) mass is 366 g/mol. The Kier molecular flexibility index (Phi) is 2.64. The lowest BCUT2D eigenvalue weighted by Gasteiger charge is -2.06. The van der Waals surface area contributed by atoms with E-state index in [1.54, 1.807) is 12.3 Å². The van der Waals surface area contributed by atoms with Crippen LogP contribution in [0.3, 0.4) is 0 Å². The molecule has 0 radical (unpaired) electrons. The Labute approximate surface area is 118 Å². The number of ketones is 1. The van der Waals surface area contributed by atoms with Crippen LogP contribution >= 0.6 is 31.9 Å². The number of amides is 1. The Hall–Kier alpha value is -1.40. The second kappa shape index (κ2) is 4.07. The van der Waals surface area contributed by atoms with Crippen LogP contribution in [0.4, 0.5) is 0 Å². The van der Waals surface area contributed by atoms with Crippen molar-refractivity contribution in [2.24, 2.45) is 4.99 Å². The molecular formula is C12H4Br2N2O2. The van der Waals surface area contributed by atoms with Gasteiger partial charge >= 0.3 is 5.91 Å². The zero-order chi connectivity index (χ0) is 12.9.